The second-order valence-electron chi connectivity index (χ2n) is 4.33. The number of hydrogen-bond donors (Lipinski definition) is 2. The Balaban J connectivity index is 1.78. The molecule has 0 spiro atoms. The van der Waals surface area contributed by atoms with Gasteiger partial charge in [-0.05, 0) is 6.92 Å². The third kappa shape index (κ3) is 2.53. The molecule has 0 atom stereocenters. The van der Waals surface area contributed by atoms with Gasteiger partial charge in [0.25, 0.3) is 11.7 Å². The van der Waals surface area contributed by atoms with Crippen LogP contribution in [0.4, 0.5) is 5.82 Å². The zero-order chi connectivity index (χ0) is 14.8. The first-order valence-corrected chi connectivity index (χ1v) is 6.27. The normalized spacial score (nSPS) is 10.8. The third-order valence-electron chi connectivity index (χ3n) is 2.81. The fourth-order valence-corrected chi connectivity index (χ4v) is 1.86. The van der Waals surface area contributed by atoms with Crippen molar-refractivity contribution in [2.75, 3.05) is 12.4 Å². The Bertz CT molecular complexity index is 792. The van der Waals surface area contributed by atoms with Crippen LogP contribution in [0.3, 0.4) is 0 Å². The molecule has 108 valence electrons. The van der Waals surface area contributed by atoms with Crippen LogP contribution in [0, 0.1) is 6.92 Å². The largest absolute Gasteiger partial charge is 0.361 e. The minimum Gasteiger partial charge on any atom is -0.361 e. The number of carbonyl (C=O) groups excluding carboxylic acids is 1. The minimum atomic E-state index is -0.390. The quantitative estimate of drug-likeness (QED) is 0.714. The Morgan fingerprint density at radius 2 is 2.29 bits per heavy atom. The third-order valence-corrected chi connectivity index (χ3v) is 2.81. The molecule has 3 heterocycles. The van der Waals surface area contributed by atoms with Crippen LogP contribution in [0.25, 0.3) is 5.65 Å². The van der Waals surface area contributed by atoms with Crippen LogP contribution in [0.5, 0.6) is 0 Å². The van der Waals surface area contributed by atoms with Gasteiger partial charge in [-0.2, -0.15) is 14.6 Å². The Hall–Kier alpha value is -2.97. The van der Waals surface area contributed by atoms with Gasteiger partial charge in [-0.15, -0.1) is 0 Å². The number of nitrogens with zero attached hydrogens (tertiary/aromatic N) is 5. The van der Waals surface area contributed by atoms with Crippen LogP contribution in [-0.2, 0) is 6.54 Å². The average Bonchev–Trinajstić information content (AvgIpc) is 3.12. The second kappa shape index (κ2) is 5.19. The van der Waals surface area contributed by atoms with E-state index in [1.54, 1.807) is 10.7 Å². The number of aryl methyl sites for hydroxylation is 1. The average molecular weight is 287 g/mol. The van der Waals surface area contributed by atoms with E-state index in [2.05, 4.69) is 30.9 Å². The van der Waals surface area contributed by atoms with E-state index in [9.17, 15) is 4.79 Å². The maximum Gasteiger partial charge on any atom is 0.292 e. The van der Waals surface area contributed by atoms with Gasteiger partial charge in [0.05, 0.1) is 12.7 Å². The van der Waals surface area contributed by atoms with E-state index >= 15 is 0 Å². The SMILES string of the molecule is CNC(=O)c1noc(CNc2cc(C)nc3ccnn23)n1. The highest BCUT2D eigenvalue weighted by Gasteiger charge is 2.13. The molecular weight excluding hydrogens is 274 g/mol. The maximum atomic E-state index is 11.3. The number of carbonyl (C=O) groups is 1. The molecule has 21 heavy (non-hydrogen) atoms. The number of aromatic nitrogens is 5. The Kier molecular flexibility index (Phi) is 3.22. The van der Waals surface area contributed by atoms with Gasteiger partial charge in [-0.25, -0.2) is 4.98 Å². The molecule has 3 rings (SSSR count). The molecule has 0 aromatic carbocycles. The lowest BCUT2D eigenvalue weighted by Crippen LogP contribution is -2.19. The van der Waals surface area contributed by atoms with E-state index in [1.165, 1.54) is 7.05 Å². The van der Waals surface area contributed by atoms with Gasteiger partial charge in [0.1, 0.15) is 5.82 Å². The predicted octanol–water partition coefficient (Wildman–Crippen LogP) is 0.392. The van der Waals surface area contributed by atoms with Crippen LogP contribution in [-0.4, -0.2) is 37.7 Å². The highest BCUT2D eigenvalue weighted by atomic mass is 16.5. The Morgan fingerprint density at radius 1 is 1.43 bits per heavy atom. The summed E-state index contributed by atoms with van der Waals surface area (Å²) in [7, 11) is 1.50. The molecule has 9 nitrogen and oxygen atoms in total. The van der Waals surface area contributed by atoms with E-state index in [0.717, 1.165) is 17.2 Å². The summed E-state index contributed by atoms with van der Waals surface area (Å²) in [5.41, 5.74) is 1.61. The van der Waals surface area contributed by atoms with Crippen molar-refractivity contribution in [2.24, 2.45) is 0 Å². The monoisotopic (exact) mass is 287 g/mol. The lowest BCUT2D eigenvalue weighted by atomic mass is 10.4. The topological polar surface area (TPSA) is 110 Å². The van der Waals surface area contributed by atoms with Gasteiger partial charge in [0, 0.05) is 24.9 Å². The minimum absolute atomic E-state index is 0.00412. The molecular formula is C12H13N7O2. The van der Waals surface area contributed by atoms with Crippen LogP contribution in [0.2, 0.25) is 0 Å². The maximum absolute atomic E-state index is 11.3. The van der Waals surface area contributed by atoms with Crippen LogP contribution >= 0.6 is 0 Å². The molecule has 9 heteroatoms. The van der Waals surface area contributed by atoms with Crippen molar-refractivity contribution in [3.63, 3.8) is 0 Å². The number of hydrogen-bond acceptors (Lipinski definition) is 7. The molecule has 0 saturated carbocycles. The van der Waals surface area contributed by atoms with E-state index in [4.69, 9.17) is 4.52 Å². The van der Waals surface area contributed by atoms with Crippen molar-refractivity contribution >= 4 is 17.4 Å². The van der Waals surface area contributed by atoms with Gasteiger partial charge >= 0.3 is 0 Å². The second-order valence-corrected chi connectivity index (χ2v) is 4.33. The van der Waals surface area contributed by atoms with E-state index < -0.39 is 0 Å². The molecule has 3 aromatic rings. The zero-order valence-corrected chi connectivity index (χ0v) is 11.5. The fraction of sp³-hybridized carbons (Fsp3) is 0.250. The summed E-state index contributed by atoms with van der Waals surface area (Å²) in [6.07, 6.45) is 1.67. The predicted molar refractivity (Wildman–Crippen MR) is 72.7 cm³/mol. The molecule has 0 unspecified atom stereocenters. The van der Waals surface area contributed by atoms with Crippen molar-refractivity contribution in [3.8, 4) is 0 Å². The van der Waals surface area contributed by atoms with E-state index in [1.807, 2.05) is 19.1 Å². The summed E-state index contributed by atoms with van der Waals surface area (Å²) in [4.78, 5) is 19.7. The van der Waals surface area contributed by atoms with Crippen molar-refractivity contribution in [2.45, 2.75) is 13.5 Å². The molecule has 0 radical (unpaired) electrons. The van der Waals surface area contributed by atoms with Gasteiger partial charge < -0.3 is 15.2 Å². The van der Waals surface area contributed by atoms with Crippen molar-refractivity contribution in [1.82, 2.24) is 30.1 Å². The van der Waals surface area contributed by atoms with Crippen LogP contribution < -0.4 is 10.6 Å². The lowest BCUT2D eigenvalue weighted by Gasteiger charge is -2.06. The van der Waals surface area contributed by atoms with E-state index in [-0.39, 0.29) is 18.3 Å². The first-order chi connectivity index (χ1) is 10.2. The van der Waals surface area contributed by atoms with E-state index in [0.29, 0.717) is 5.89 Å². The summed E-state index contributed by atoms with van der Waals surface area (Å²) in [5, 5.41) is 13.3. The molecule has 2 N–H and O–H groups in total. The fourth-order valence-electron chi connectivity index (χ4n) is 1.86. The highest BCUT2D eigenvalue weighted by Crippen LogP contribution is 2.12. The van der Waals surface area contributed by atoms with Gasteiger partial charge in [-0.1, -0.05) is 5.16 Å². The van der Waals surface area contributed by atoms with Gasteiger partial charge in [-0.3, -0.25) is 4.79 Å². The standard InChI is InChI=1S/C12H13N7O2/c1-7-5-9(19-8(16-7)3-4-15-19)14-6-10-17-11(18-21-10)12(20)13-2/h3-5,14H,6H2,1-2H3,(H,13,20). The summed E-state index contributed by atoms with van der Waals surface area (Å²) < 4.78 is 6.67. The van der Waals surface area contributed by atoms with Crippen molar-refractivity contribution < 1.29 is 9.32 Å². The van der Waals surface area contributed by atoms with Crippen LogP contribution in [0.15, 0.2) is 22.9 Å². The molecule has 0 fully saturated rings. The summed E-state index contributed by atoms with van der Waals surface area (Å²) >= 11 is 0. The number of fused-ring (bicyclic) bond motifs is 1. The number of anilines is 1. The van der Waals surface area contributed by atoms with Gasteiger partial charge in [0.2, 0.25) is 5.89 Å². The molecule has 0 bridgehead atoms. The lowest BCUT2D eigenvalue weighted by molar-refractivity contribution is 0.0950. The molecule has 1 amide bonds. The van der Waals surface area contributed by atoms with Gasteiger partial charge in [0.15, 0.2) is 5.65 Å². The molecule has 0 aliphatic heterocycles. The first-order valence-electron chi connectivity index (χ1n) is 6.27. The summed E-state index contributed by atoms with van der Waals surface area (Å²) in [5.74, 6) is 0.675. The van der Waals surface area contributed by atoms with Crippen LogP contribution in [0.1, 0.15) is 22.2 Å². The summed E-state index contributed by atoms with van der Waals surface area (Å²) in [6.45, 7) is 2.18. The number of amides is 1. The smallest absolute Gasteiger partial charge is 0.292 e. The zero-order valence-electron chi connectivity index (χ0n) is 11.5. The Labute approximate surface area is 119 Å². The van der Waals surface area contributed by atoms with Crippen molar-refractivity contribution in [3.05, 3.63) is 35.7 Å². The molecule has 3 aromatic heterocycles. The summed E-state index contributed by atoms with van der Waals surface area (Å²) in [6, 6.07) is 3.67. The Morgan fingerprint density at radius 3 is 3.10 bits per heavy atom. The first kappa shape index (κ1) is 13.0. The molecule has 0 aliphatic rings. The molecule has 0 saturated heterocycles. The number of nitrogens with one attached hydrogen (secondary N) is 2. The van der Waals surface area contributed by atoms with Crippen molar-refractivity contribution in [1.29, 1.82) is 0 Å². The molecule has 0 aliphatic carbocycles. The number of rotatable bonds is 4. The highest BCUT2D eigenvalue weighted by molar-refractivity contribution is 5.89.